The van der Waals surface area contributed by atoms with Gasteiger partial charge in [0.15, 0.2) is 0 Å². The molecule has 0 saturated heterocycles. The topological polar surface area (TPSA) is 110 Å². The molecule has 3 aromatic rings. The maximum atomic E-state index is 11.9. The van der Waals surface area contributed by atoms with E-state index < -0.39 is 11.4 Å². The summed E-state index contributed by atoms with van der Waals surface area (Å²) in [6.07, 6.45) is 1.35. The fraction of sp³-hybridized carbons (Fsp3) is 0.312. The highest BCUT2D eigenvalue weighted by Crippen LogP contribution is 2.10. The molecule has 0 radical (unpaired) electrons. The first-order chi connectivity index (χ1) is 12.0. The van der Waals surface area contributed by atoms with Crippen LogP contribution in [0.25, 0.3) is 11.0 Å². The number of rotatable bonds is 4. The van der Waals surface area contributed by atoms with Gasteiger partial charge in [0.1, 0.15) is 16.7 Å². The van der Waals surface area contributed by atoms with Crippen LogP contribution in [-0.2, 0) is 6.54 Å². The van der Waals surface area contributed by atoms with Crippen LogP contribution in [0.3, 0.4) is 0 Å². The maximum Gasteiger partial charge on any atom is 0.341 e. The van der Waals surface area contributed by atoms with Gasteiger partial charge in [-0.3, -0.25) is 4.79 Å². The maximum absolute atomic E-state index is 11.9. The minimum Gasteiger partial charge on any atom is -0.477 e. The molecule has 0 aliphatic heterocycles. The summed E-state index contributed by atoms with van der Waals surface area (Å²) in [6.45, 7) is 7.21. The number of aromatic nitrogens is 4. The Kier molecular flexibility index (Phi) is 6.18. The van der Waals surface area contributed by atoms with Crippen molar-refractivity contribution >= 4 is 33.5 Å². The van der Waals surface area contributed by atoms with Crippen LogP contribution in [0.4, 0.5) is 5.13 Å². The molecule has 0 atom stereocenters. The molecule has 0 spiro atoms. The van der Waals surface area contributed by atoms with Crippen LogP contribution in [0.15, 0.2) is 28.6 Å². The number of anilines is 1. The lowest BCUT2D eigenvalue weighted by Gasteiger charge is -2.09. The van der Waals surface area contributed by atoms with Crippen molar-refractivity contribution in [2.75, 3.05) is 11.9 Å². The van der Waals surface area contributed by atoms with Crippen molar-refractivity contribution in [1.29, 1.82) is 0 Å². The molecule has 3 rings (SSSR count). The van der Waals surface area contributed by atoms with Gasteiger partial charge in [0.25, 0.3) is 0 Å². The standard InChI is InChI=1S/C12H12N2O3.C4H7N3S/c1-3-14-6-9(12(16)17)10(15)8-5-4-7(2)13-11(8)14;1-2-5-4-7-6-3-8-4/h4-6H,3H2,1-2H3,(H,16,17);3H,2H2,1H3,(H,5,7). The van der Waals surface area contributed by atoms with Crippen LogP contribution in [0.1, 0.15) is 29.9 Å². The second-order valence-corrected chi connectivity index (χ2v) is 5.89. The smallest absolute Gasteiger partial charge is 0.341 e. The largest absolute Gasteiger partial charge is 0.477 e. The van der Waals surface area contributed by atoms with Gasteiger partial charge in [0.2, 0.25) is 10.6 Å². The Labute approximate surface area is 148 Å². The SMILES string of the molecule is CCNc1nncs1.CCn1cc(C(=O)O)c(=O)c2ccc(C)nc21. The Balaban J connectivity index is 0.000000236. The van der Waals surface area contributed by atoms with Crippen molar-refractivity contribution < 1.29 is 9.90 Å². The Morgan fingerprint density at radius 1 is 1.36 bits per heavy atom. The van der Waals surface area contributed by atoms with E-state index in [1.165, 1.54) is 17.5 Å². The molecule has 0 fully saturated rings. The summed E-state index contributed by atoms with van der Waals surface area (Å²) in [5.74, 6) is -1.21. The molecule has 0 aliphatic rings. The summed E-state index contributed by atoms with van der Waals surface area (Å²) in [5.41, 5.74) is 2.33. The molecule has 0 unspecified atom stereocenters. The summed E-state index contributed by atoms with van der Waals surface area (Å²) >= 11 is 1.51. The monoisotopic (exact) mass is 361 g/mol. The highest BCUT2D eigenvalue weighted by Gasteiger charge is 2.14. The summed E-state index contributed by atoms with van der Waals surface area (Å²) in [5, 5.41) is 20.6. The average Bonchev–Trinajstić information content (AvgIpc) is 3.09. The van der Waals surface area contributed by atoms with E-state index in [0.29, 0.717) is 17.6 Å². The van der Waals surface area contributed by atoms with Gasteiger partial charge >= 0.3 is 5.97 Å². The van der Waals surface area contributed by atoms with E-state index in [1.54, 1.807) is 22.2 Å². The lowest BCUT2D eigenvalue weighted by Crippen LogP contribution is -2.19. The minimum absolute atomic E-state index is 0.218. The fourth-order valence-corrected chi connectivity index (χ4v) is 2.67. The quantitative estimate of drug-likeness (QED) is 0.734. The molecule has 0 aliphatic carbocycles. The molecule has 9 heteroatoms. The first kappa shape index (κ1) is 18.5. The number of aryl methyl sites for hydroxylation is 2. The minimum atomic E-state index is -1.21. The summed E-state index contributed by atoms with van der Waals surface area (Å²) in [4.78, 5) is 27.2. The molecule has 3 aromatic heterocycles. The van der Waals surface area contributed by atoms with Gasteiger partial charge in [0.05, 0.1) is 5.39 Å². The van der Waals surface area contributed by atoms with Gasteiger partial charge in [-0.2, -0.15) is 0 Å². The Hall–Kier alpha value is -2.81. The number of fused-ring (bicyclic) bond motifs is 1. The third kappa shape index (κ3) is 4.38. The third-order valence-electron chi connectivity index (χ3n) is 3.32. The van der Waals surface area contributed by atoms with Gasteiger partial charge in [-0.15, -0.1) is 10.2 Å². The van der Waals surface area contributed by atoms with Gasteiger partial charge in [-0.05, 0) is 32.9 Å². The molecule has 25 heavy (non-hydrogen) atoms. The lowest BCUT2D eigenvalue weighted by atomic mass is 10.2. The molecule has 0 amide bonds. The first-order valence-corrected chi connectivity index (χ1v) is 8.60. The molecule has 132 valence electrons. The van der Waals surface area contributed by atoms with E-state index in [1.807, 2.05) is 20.8 Å². The average molecular weight is 361 g/mol. The molecular formula is C16H19N5O3S. The van der Waals surface area contributed by atoms with E-state index >= 15 is 0 Å². The highest BCUT2D eigenvalue weighted by molar-refractivity contribution is 7.13. The number of carboxylic acid groups (broad SMARTS) is 1. The molecular weight excluding hydrogens is 342 g/mol. The zero-order valence-corrected chi connectivity index (χ0v) is 15.0. The summed E-state index contributed by atoms with van der Waals surface area (Å²) in [6, 6.07) is 3.33. The number of hydrogen-bond acceptors (Lipinski definition) is 7. The Bertz CT molecular complexity index is 921. The molecule has 0 saturated carbocycles. The van der Waals surface area contributed by atoms with Crippen molar-refractivity contribution in [1.82, 2.24) is 19.7 Å². The van der Waals surface area contributed by atoms with Crippen molar-refractivity contribution in [2.45, 2.75) is 27.3 Å². The summed E-state index contributed by atoms with van der Waals surface area (Å²) < 4.78 is 1.67. The number of nitrogens with one attached hydrogen (secondary N) is 1. The fourth-order valence-electron chi connectivity index (χ4n) is 2.15. The highest BCUT2D eigenvalue weighted by atomic mass is 32.1. The van der Waals surface area contributed by atoms with E-state index in [0.717, 1.165) is 17.4 Å². The number of carboxylic acids is 1. The third-order valence-corrected chi connectivity index (χ3v) is 3.97. The first-order valence-electron chi connectivity index (χ1n) is 7.72. The van der Waals surface area contributed by atoms with Crippen LogP contribution in [-0.4, -0.2) is 37.4 Å². The second-order valence-electron chi connectivity index (χ2n) is 5.06. The van der Waals surface area contributed by atoms with Crippen molar-refractivity contribution in [2.24, 2.45) is 0 Å². The number of nitrogens with zero attached hydrogens (tertiary/aromatic N) is 4. The predicted molar refractivity (Wildman–Crippen MR) is 97.4 cm³/mol. The number of carbonyl (C=O) groups is 1. The van der Waals surface area contributed by atoms with Crippen LogP contribution in [0.5, 0.6) is 0 Å². The van der Waals surface area contributed by atoms with Crippen molar-refractivity contribution in [3.63, 3.8) is 0 Å². The number of hydrogen-bond donors (Lipinski definition) is 2. The lowest BCUT2D eigenvalue weighted by molar-refractivity contribution is 0.0695. The molecule has 0 bridgehead atoms. The zero-order chi connectivity index (χ0) is 18.4. The number of aromatic carboxylic acids is 1. The van der Waals surface area contributed by atoms with Crippen molar-refractivity contribution in [3.05, 3.63) is 45.3 Å². The summed E-state index contributed by atoms with van der Waals surface area (Å²) in [7, 11) is 0. The number of pyridine rings is 2. The molecule has 2 N–H and O–H groups in total. The van der Waals surface area contributed by atoms with Crippen LogP contribution >= 0.6 is 11.3 Å². The van der Waals surface area contributed by atoms with Gasteiger partial charge in [-0.1, -0.05) is 11.3 Å². The van der Waals surface area contributed by atoms with Crippen molar-refractivity contribution in [3.8, 4) is 0 Å². The van der Waals surface area contributed by atoms with E-state index in [4.69, 9.17) is 5.11 Å². The second kappa shape index (κ2) is 8.34. The normalized spacial score (nSPS) is 10.2. The Morgan fingerprint density at radius 3 is 2.68 bits per heavy atom. The van der Waals surface area contributed by atoms with Gasteiger partial charge < -0.3 is 15.0 Å². The van der Waals surface area contributed by atoms with Crippen LogP contribution in [0, 0.1) is 6.92 Å². The van der Waals surface area contributed by atoms with Gasteiger partial charge in [0, 0.05) is 25.0 Å². The van der Waals surface area contributed by atoms with E-state index in [9.17, 15) is 9.59 Å². The van der Waals surface area contributed by atoms with E-state index in [-0.39, 0.29) is 5.56 Å². The molecule has 8 nitrogen and oxygen atoms in total. The van der Waals surface area contributed by atoms with E-state index in [2.05, 4.69) is 20.5 Å². The van der Waals surface area contributed by atoms with Crippen LogP contribution < -0.4 is 10.7 Å². The Morgan fingerprint density at radius 2 is 2.12 bits per heavy atom. The zero-order valence-electron chi connectivity index (χ0n) is 14.2. The molecule has 0 aromatic carbocycles. The van der Waals surface area contributed by atoms with Crippen LogP contribution in [0.2, 0.25) is 0 Å². The van der Waals surface area contributed by atoms with Gasteiger partial charge in [-0.25, -0.2) is 9.78 Å². The predicted octanol–water partition coefficient (Wildman–Crippen LogP) is 2.39. The molecule has 3 heterocycles.